The molecule has 5 aromatic carbocycles. The lowest BCUT2D eigenvalue weighted by atomic mass is 9.55. The van der Waals surface area contributed by atoms with Crippen LogP contribution in [0.3, 0.4) is 0 Å². The van der Waals surface area contributed by atoms with Gasteiger partial charge in [-0.25, -0.2) is 0 Å². The molecular weight excluding hydrogens is 1770 g/mol. The SMILES string of the molecule is CC(=O)c1n[nH]c2c1C(C)(c1ccccc1)C1=C(C2)CC(C)(C)CC1=O.CC1(C)CC(=O)C2=C(Cc3[nH]nc(C#N)c3C2c2ccccc2)C1.CC1(C)CC(=O)C2=C(Cc3[nH]nc(F)c3C2(C)c2ccccc2)C1.CC1(C)CC(=O)C2=C(Cc3[nH]ncc3C2(C)c2ccccc2)C1.CC1(C)CC(=O)C2=C(Cc3[nH]ncc3[C@]2(C)c2ccccc2)C1.Cc1[nH]nc2c1C1(CCCCC1)C1=C(C2)CC(C)(C)CC1=O. The number of benzene rings is 5. The van der Waals surface area contributed by atoms with Crippen LogP contribution in [0, 0.1) is 56.7 Å². The number of hydrogen-bond acceptors (Lipinski definition) is 14. The highest BCUT2D eigenvalue weighted by atomic mass is 19.1. The lowest BCUT2D eigenvalue weighted by Gasteiger charge is -2.47. The fourth-order valence-corrected chi connectivity index (χ4v) is 28.3. The Kier molecular flexibility index (Phi) is 24.8. The van der Waals surface area contributed by atoms with Crippen molar-refractivity contribution in [3.05, 3.63) is 349 Å². The summed E-state index contributed by atoms with van der Waals surface area (Å²) in [6.45, 7) is 38.1. The van der Waals surface area contributed by atoms with Gasteiger partial charge in [0.2, 0.25) is 5.95 Å². The number of hydrogen-bond donors (Lipinski definition) is 6. The minimum atomic E-state index is -0.783. The second-order valence-corrected chi connectivity index (χ2v) is 48.2. The van der Waals surface area contributed by atoms with Crippen LogP contribution in [0.2, 0.25) is 0 Å². The summed E-state index contributed by atoms with van der Waals surface area (Å²) in [7, 11) is 0. The zero-order valence-corrected chi connectivity index (χ0v) is 85.8. The number of fused-ring (bicyclic) bond motifs is 8. The monoisotopic (exact) mass is 1900 g/mol. The highest BCUT2D eigenvalue weighted by Gasteiger charge is 2.57. The Balaban J connectivity index is 0.000000108. The predicted molar refractivity (Wildman–Crippen MR) is 548 cm³/mol. The number of aromatic nitrogens is 12. The zero-order valence-electron chi connectivity index (χ0n) is 85.8. The Hall–Kier alpha value is -13.1. The molecule has 0 bridgehead atoms. The van der Waals surface area contributed by atoms with E-state index in [0.717, 1.165) is 171 Å². The average molecular weight is 1900 g/mol. The number of aromatic amines is 6. The number of carbonyl (C=O) groups is 7. The zero-order chi connectivity index (χ0) is 101. The Morgan fingerprint density at radius 1 is 0.359 bits per heavy atom. The second-order valence-electron chi connectivity index (χ2n) is 48.2. The number of halogens is 1. The number of carbonyl (C=O) groups excluding carboxylic acids is 7. The number of nitrogens with one attached hydrogen (secondary N) is 6. The standard InChI is InChI=1S/C22H24N2O2.C20H21FN2O.C20H19N3O.2C20H22N2O.C19H26N2O/c1-13(25)20-19-16(23-24-20)10-14-11-21(2,3)12-17(26)18(14)22(19,4)15-8-6-5-7-9-15;1-19(2)10-12-9-14-17(18(21)23-22-14)20(3,16(12)15(24)11-19)13-7-5-4-6-8-13;1-20(2)9-13-8-14-19(15(11-21)23-22-14)18(17(13)16(24)10-20)12-6-4-3-5-7-12;2*1-19(2)10-13-9-16-15(12-21-22-16)20(3,18(13)17(23)11-19)14-7-5-4-6-8-14;1-12-16-14(21-20-12)9-13-10-18(2,3)11-15(22)17(13)19(16)7-5-4-6-8-19/h5-9H,10-12H2,1-4H3,(H,23,24);4-8H,9-11H2,1-3H3,(H,22,23);3-7,18H,8-10H2,1-2H3,(H,22,23);2*4-8,12H,9-11H2,1-3H3,(H,21,22);4-11H2,1-3H3,(H,20,21)/t;;;20-;;/m...0../s1. The summed E-state index contributed by atoms with van der Waals surface area (Å²) >= 11 is 0. The van der Waals surface area contributed by atoms with Crippen molar-refractivity contribution in [2.24, 2.45) is 32.5 Å². The van der Waals surface area contributed by atoms with Gasteiger partial charge in [-0.15, -0.1) is 5.10 Å². The highest BCUT2D eigenvalue weighted by molar-refractivity contribution is 6.06. The molecule has 1 fully saturated rings. The molecule has 6 N–H and O–H groups in total. The first-order valence-corrected chi connectivity index (χ1v) is 51.0. The van der Waals surface area contributed by atoms with E-state index >= 15 is 0 Å². The molecule has 11 aromatic rings. The van der Waals surface area contributed by atoms with Gasteiger partial charge in [0.1, 0.15) is 11.8 Å². The number of allylic oxidation sites excluding steroid dienone is 12. The molecule has 0 saturated heterocycles. The quantitative estimate of drug-likeness (QED) is 0.0844. The third-order valence-electron chi connectivity index (χ3n) is 33.4. The van der Waals surface area contributed by atoms with Gasteiger partial charge in [0.25, 0.3) is 0 Å². The van der Waals surface area contributed by atoms with E-state index < -0.39 is 27.6 Å². The number of Topliss-reactive ketones (excluding diaryl/α,β-unsaturated/α-hetero) is 7. The molecule has 13 aliphatic carbocycles. The molecule has 4 unspecified atom stereocenters. The second kappa shape index (κ2) is 36.1. The molecular formula is C121H134FN13O7. The maximum atomic E-state index is 14.6. The number of H-pyrrole nitrogens is 6. The summed E-state index contributed by atoms with van der Waals surface area (Å²) in [5, 5.41) is 53.5. The van der Waals surface area contributed by atoms with E-state index in [-0.39, 0.29) is 67.0 Å². The van der Waals surface area contributed by atoms with Crippen molar-refractivity contribution in [2.45, 2.75) is 305 Å². The smallest absolute Gasteiger partial charge is 0.237 e. The normalized spacial score (nSPS) is 24.9. The van der Waals surface area contributed by atoms with E-state index in [1.54, 1.807) is 0 Å². The van der Waals surface area contributed by atoms with E-state index in [9.17, 15) is 43.2 Å². The highest BCUT2D eigenvalue weighted by Crippen LogP contribution is 2.61. The maximum Gasteiger partial charge on any atom is 0.237 e. The van der Waals surface area contributed by atoms with E-state index in [2.05, 4.69) is 202 Å². The van der Waals surface area contributed by atoms with Crippen molar-refractivity contribution >= 4 is 40.5 Å². The minimum absolute atomic E-state index is 0.00720. The van der Waals surface area contributed by atoms with Gasteiger partial charge >= 0.3 is 0 Å². The predicted octanol–water partition coefficient (Wildman–Crippen LogP) is 24.0. The molecule has 732 valence electrons. The van der Waals surface area contributed by atoms with Crippen LogP contribution >= 0.6 is 0 Å². The van der Waals surface area contributed by atoms with Crippen LogP contribution in [0.4, 0.5) is 4.39 Å². The third kappa shape index (κ3) is 17.1. The molecule has 6 aromatic heterocycles. The van der Waals surface area contributed by atoms with Crippen LogP contribution in [0.5, 0.6) is 0 Å². The first kappa shape index (κ1) is 97.7. The Morgan fingerprint density at radius 3 is 1.13 bits per heavy atom. The van der Waals surface area contributed by atoms with Gasteiger partial charge in [0.05, 0.1) is 23.5 Å². The number of nitriles is 1. The molecule has 1 spiro atoms. The van der Waals surface area contributed by atoms with E-state index in [1.165, 1.54) is 87.7 Å². The first-order chi connectivity index (χ1) is 67.3. The van der Waals surface area contributed by atoms with Gasteiger partial charge < -0.3 is 0 Å². The molecule has 20 nitrogen and oxygen atoms in total. The fraction of sp³-hybridized carbons (Fsp3) is 0.438. The molecule has 1 saturated carbocycles. The Bertz CT molecular complexity index is 7070. The minimum Gasteiger partial charge on any atom is -0.294 e. The summed E-state index contributed by atoms with van der Waals surface area (Å²) < 4.78 is 14.6. The van der Waals surface area contributed by atoms with Gasteiger partial charge in [0, 0.05) is 213 Å². The van der Waals surface area contributed by atoms with Gasteiger partial charge in [-0.05, 0) is 146 Å². The molecule has 0 aliphatic heterocycles. The number of ketones is 7. The van der Waals surface area contributed by atoms with E-state index in [1.807, 2.05) is 147 Å². The molecule has 6 heterocycles. The van der Waals surface area contributed by atoms with Gasteiger partial charge in [-0.3, -0.25) is 64.2 Å². The lowest BCUT2D eigenvalue weighted by molar-refractivity contribution is -0.120. The number of rotatable bonds is 6. The van der Waals surface area contributed by atoms with E-state index in [0.29, 0.717) is 92.1 Å². The van der Waals surface area contributed by atoms with Crippen molar-refractivity contribution in [3.8, 4) is 6.07 Å². The van der Waals surface area contributed by atoms with E-state index in [4.69, 9.17) is 0 Å². The molecule has 0 amide bonds. The van der Waals surface area contributed by atoms with Crippen LogP contribution in [-0.4, -0.2) is 102 Å². The number of nitrogens with zero attached hydrogens (tertiary/aromatic N) is 7. The molecule has 24 rings (SSSR count). The molecule has 142 heavy (non-hydrogen) atoms. The van der Waals surface area contributed by atoms with Gasteiger partial charge in [-0.2, -0.15) is 35.1 Å². The van der Waals surface area contributed by atoms with Crippen molar-refractivity contribution in [1.82, 2.24) is 61.2 Å². The molecule has 21 heteroatoms. The van der Waals surface area contributed by atoms with Crippen LogP contribution < -0.4 is 0 Å². The van der Waals surface area contributed by atoms with Crippen LogP contribution in [-0.2, 0) is 94.4 Å². The first-order valence-electron chi connectivity index (χ1n) is 51.0. The van der Waals surface area contributed by atoms with Gasteiger partial charge in [-0.1, -0.05) is 287 Å². The lowest BCUT2D eigenvalue weighted by Crippen LogP contribution is -2.43. The average Bonchev–Trinajstić information content (AvgIpc) is 1.47. The molecule has 0 radical (unpaired) electrons. The summed E-state index contributed by atoms with van der Waals surface area (Å²) in [6, 6.07) is 52.7. The number of aryl methyl sites for hydroxylation is 1. The molecule has 13 aliphatic rings. The van der Waals surface area contributed by atoms with Gasteiger partial charge in [0.15, 0.2) is 46.2 Å². The van der Waals surface area contributed by atoms with Crippen molar-refractivity contribution in [3.63, 3.8) is 0 Å². The summed E-state index contributed by atoms with van der Waals surface area (Å²) in [4.78, 5) is 90.8. The maximum absolute atomic E-state index is 14.6. The Labute approximate surface area is 833 Å². The summed E-state index contributed by atoms with van der Waals surface area (Å²) in [6.07, 6.45) is 23.5. The topological polar surface area (TPSA) is 315 Å². The van der Waals surface area contributed by atoms with Crippen LogP contribution in [0.1, 0.15) is 350 Å². The largest absolute Gasteiger partial charge is 0.294 e. The van der Waals surface area contributed by atoms with Crippen molar-refractivity contribution in [2.75, 3.05) is 0 Å². The van der Waals surface area contributed by atoms with Crippen LogP contribution in [0.25, 0.3) is 0 Å². The van der Waals surface area contributed by atoms with Crippen molar-refractivity contribution in [1.29, 1.82) is 5.26 Å². The summed E-state index contributed by atoms with van der Waals surface area (Å²) in [5.41, 5.74) is 30.7. The van der Waals surface area contributed by atoms with Crippen LogP contribution in [0.15, 0.2) is 231 Å². The third-order valence-corrected chi connectivity index (χ3v) is 33.4. The fourth-order valence-electron chi connectivity index (χ4n) is 28.3. The molecule has 5 atom stereocenters. The van der Waals surface area contributed by atoms with Crippen molar-refractivity contribution < 1.29 is 38.0 Å². The summed E-state index contributed by atoms with van der Waals surface area (Å²) in [5.74, 6) is 0.816. The Morgan fingerprint density at radius 2 is 0.704 bits per heavy atom.